The van der Waals surface area contributed by atoms with E-state index >= 15 is 0 Å². The number of aryl methyl sites for hydroxylation is 1. The molecule has 2 fully saturated rings. The van der Waals surface area contributed by atoms with Crippen molar-refractivity contribution in [2.75, 3.05) is 19.7 Å². The second kappa shape index (κ2) is 8.74. The molecule has 1 aromatic rings. The molecule has 2 aliphatic rings. The molecule has 1 amide bonds. The first-order valence-electron chi connectivity index (χ1n) is 8.91. The fraction of sp³-hybridized carbons (Fsp3) is 0.778. The van der Waals surface area contributed by atoms with Crippen LogP contribution in [0, 0.1) is 12.3 Å². The van der Waals surface area contributed by atoms with Crippen LogP contribution >= 0.6 is 36.2 Å². The van der Waals surface area contributed by atoms with Gasteiger partial charge in [-0.25, -0.2) is 4.98 Å². The quantitative estimate of drug-likeness (QED) is 0.803. The van der Waals surface area contributed by atoms with Crippen LogP contribution in [0.2, 0.25) is 0 Å². The number of rotatable bonds is 4. The third kappa shape index (κ3) is 3.90. The minimum Gasteiger partial charge on any atom is -0.378 e. The summed E-state index contributed by atoms with van der Waals surface area (Å²) in [5.74, 6) is 0.428. The Morgan fingerprint density at radius 2 is 2.15 bits per heavy atom. The zero-order valence-electron chi connectivity index (χ0n) is 16.0. The van der Waals surface area contributed by atoms with Crippen molar-refractivity contribution >= 4 is 42.1 Å². The molecule has 0 radical (unpaired) electrons. The zero-order valence-corrected chi connectivity index (χ0v) is 18.4. The smallest absolute Gasteiger partial charge is 0.243 e. The fourth-order valence-corrected chi connectivity index (χ4v) is 4.93. The number of piperidine rings is 1. The van der Waals surface area contributed by atoms with Gasteiger partial charge < -0.3 is 15.4 Å². The van der Waals surface area contributed by atoms with Crippen LogP contribution in [0.25, 0.3) is 0 Å². The lowest BCUT2D eigenvalue weighted by atomic mass is 9.54. The number of hydrogen-bond donors (Lipinski definition) is 1. The normalized spacial score (nSPS) is 30.0. The van der Waals surface area contributed by atoms with Gasteiger partial charge in [0.2, 0.25) is 5.91 Å². The Kier molecular flexibility index (Phi) is 7.94. The van der Waals surface area contributed by atoms with E-state index in [0.717, 1.165) is 36.6 Å². The SMILES string of the molecule is CCOC1CC(N)(C(=O)N2CCCC(c3nc(C)cs3)C2)C1(C)C.Cl.Cl. The van der Waals surface area contributed by atoms with Crippen molar-refractivity contribution in [3.63, 3.8) is 0 Å². The number of carbonyl (C=O) groups is 1. The Labute approximate surface area is 172 Å². The van der Waals surface area contributed by atoms with Crippen LogP contribution in [-0.4, -0.2) is 47.1 Å². The van der Waals surface area contributed by atoms with Crippen molar-refractivity contribution < 1.29 is 9.53 Å². The highest BCUT2D eigenvalue weighted by molar-refractivity contribution is 7.09. The molecule has 8 heteroatoms. The van der Waals surface area contributed by atoms with Crippen molar-refractivity contribution in [2.45, 2.75) is 64.5 Å². The number of aromatic nitrogens is 1. The minimum absolute atomic E-state index is 0. The zero-order chi connectivity index (χ0) is 17.5. The highest BCUT2D eigenvalue weighted by Crippen LogP contribution is 2.51. The lowest BCUT2D eigenvalue weighted by molar-refractivity contribution is -0.180. The van der Waals surface area contributed by atoms with E-state index < -0.39 is 5.54 Å². The Morgan fingerprint density at radius 3 is 2.69 bits per heavy atom. The summed E-state index contributed by atoms with van der Waals surface area (Å²) in [5, 5.41) is 3.23. The first-order valence-corrected chi connectivity index (χ1v) is 9.79. The first-order chi connectivity index (χ1) is 11.3. The number of nitrogens with two attached hydrogens (primary N) is 1. The number of thiazole rings is 1. The number of nitrogens with zero attached hydrogens (tertiary/aromatic N) is 2. The summed E-state index contributed by atoms with van der Waals surface area (Å²) in [6, 6.07) is 0. The van der Waals surface area contributed by atoms with Gasteiger partial charge in [-0.15, -0.1) is 36.2 Å². The molecule has 0 bridgehead atoms. The van der Waals surface area contributed by atoms with Gasteiger partial charge in [0.1, 0.15) is 5.54 Å². The van der Waals surface area contributed by atoms with E-state index in [2.05, 4.69) is 24.2 Å². The number of ether oxygens (including phenoxy) is 1. The topological polar surface area (TPSA) is 68.5 Å². The van der Waals surface area contributed by atoms with Crippen molar-refractivity contribution in [3.8, 4) is 0 Å². The van der Waals surface area contributed by atoms with Gasteiger partial charge in [0.15, 0.2) is 0 Å². The van der Waals surface area contributed by atoms with E-state index in [1.54, 1.807) is 11.3 Å². The van der Waals surface area contributed by atoms with Gasteiger partial charge in [0.05, 0.1) is 11.1 Å². The molecule has 5 nitrogen and oxygen atoms in total. The van der Waals surface area contributed by atoms with E-state index in [1.807, 2.05) is 18.7 Å². The molecular weight excluding hydrogens is 393 g/mol. The highest BCUT2D eigenvalue weighted by atomic mass is 35.5. The third-order valence-corrected chi connectivity index (χ3v) is 7.03. The molecule has 0 aromatic carbocycles. The maximum atomic E-state index is 13.2. The molecule has 2 N–H and O–H groups in total. The van der Waals surface area contributed by atoms with Gasteiger partial charge in [0, 0.05) is 48.5 Å². The van der Waals surface area contributed by atoms with E-state index in [4.69, 9.17) is 10.5 Å². The minimum atomic E-state index is -0.812. The second-order valence-electron chi connectivity index (χ2n) is 7.76. The second-order valence-corrected chi connectivity index (χ2v) is 8.65. The van der Waals surface area contributed by atoms with Gasteiger partial charge in [-0.3, -0.25) is 4.79 Å². The molecule has 1 saturated heterocycles. The monoisotopic (exact) mass is 423 g/mol. The maximum absolute atomic E-state index is 13.2. The molecule has 3 rings (SSSR count). The molecule has 2 heterocycles. The summed E-state index contributed by atoms with van der Waals surface area (Å²) in [6.07, 6.45) is 2.79. The summed E-state index contributed by atoms with van der Waals surface area (Å²) in [5.41, 5.74) is 6.50. The predicted octanol–water partition coefficient (Wildman–Crippen LogP) is 3.53. The van der Waals surface area contributed by atoms with Crippen molar-refractivity contribution in [3.05, 3.63) is 16.1 Å². The number of carbonyl (C=O) groups excluding carboxylic acids is 1. The molecule has 1 aromatic heterocycles. The van der Waals surface area contributed by atoms with Gasteiger partial charge >= 0.3 is 0 Å². The molecule has 150 valence electrons. The third-order valence-electron chi connectivity index (χ3n) is 5.91. The molecule has 0 spiro atoms. The van der Waals surface area contributed by atoms with Gasteiger partial charge in [0.25, 0.3) is 0 Å². The van der Waals surface area contributed by atoms with Crippen LogP contribution in [-0.2, 0) is 9.53 Å². The Bertz CT molecular complexity index is 625. The predicted molar refractivity (Wildman–Crippen MR) is 111 cm³/mol. The van der Waals surface area contributed by atoms with E-state index in [0.29, 0.717) is 18.9 Å². The molecule has 1 aliphatic heterocycles. The van der Waals surface area contributed by atoms with Crippen molar-refractivity contribution in [1.82, 2.24) is 9.88 Å². The standard InChI is InChI=1S/C18H29N3O2S.2ClH/c1-5-23-14-9-18(19,17(14,3)4)16(22)21-8-6-7-13(10-21)15-20-12(2)11-24-15;;/h11,13-14H,5-10,19H2,1-4H3;2*1H. The van der Waals surface area contributed by atoms with Gasteiger partial charge in [-0.1, -0.05) is 13.8 Å². The molecule has 1 aliphatic carbocycles. The van der Waals surface area contributed by atoms with Crippen molar-refractivity contribution in [1.29, 1.82) is 0 Å². The van der Waals surface area contributed by atoms with Crippen LogP contribution in [0.15, 0.2) is 5.38 Å². The fourth-order valence-electron chi connectivity index (χ4n) is 4.00. The Morgan fingerprint density at radius 1 is 1.46 bits per heavy atom. The van der Waals surface area contributed by atoms with Crippen LogP contribution in [0.3, 0.4) is 0 Å². The molecule has 1 saturated carbocycles. The summed E-state index contributed by atoms with van der Waals surface area (Å²) >= 11 is 1.70. The summed E-state index contributed by atoms with van der Waals surface area (Å²) < 4.78 is 5.76. The van der Waals surface area contributed by atoms with Crippen molar-refractivity contribution in [2.24, 2.45) is 11.1 Å². The number of hydrogen-bond acceptors (Lipinski definition) is 5. The number of halogens is 2. The Hall–Kier alpha value is -0.400. The van der Waals surface area contributed by atoms with Crippen LogP contribution in [0.5, 0.6) is 0 Å². The maximum Gasteiger partial charge on any atom is 0.243 e. The first kappa shape index (κ1) is 23.6. The van der Waals surface area contributed by atoms with Crippen LogP contribution in [0.4, 0.5) is 0 Å². The summed E-state index contributed by atoms with van der Waals surface area (Å²) in [4.78, 5) is 19.8. The molecule has 3 atom stereocenters. The lowest BCUT2D eigenvalue weighted by Crippen LogP contribution is -2.76. The van der Waals surface area contributed by atoms with E-state index in [-0.39, 0.29) is 42.2 Å². The van der Waals surface area contributed by atoms with Gasteiger partial charge in [-0.2, -0.15) is 0 Å². The average molecular weight is 424 g/mol. The average Bonchev–Trinajstić information content (AvgIpc) is 3.00. The van der Waals surface area contributed by atoms with Crippen LogP contribution < -0.4 is 5.73 Å². The van der Waals surface area contributed by atoms with E-state index in [1.165, 1.54) is 0 Å². The van der Waals surface area contributed by atoms with Gasteiger partial charge in [-0.05, 0) is 26.7 Å². The largest absolute Gasteiger partial charge is 0.378 e. The lowest BCUT2D eigenvalue weighted by Gasteiger charge is -2.59. The van der Waals surface area contributed by atoms with E-state index in [9.17, 15) is 4.79 Å². The van der Waals surface area contributed by atoms with Crippen LogP contribution in [0.1, 0.15) is 56.7 Å². The molecule has 3 unspecified atom stereocenters. The highest BCUT2D eigenvalue weighted by Gasteiger charge is 2.63. The molecule has 26 heavy (non-hydrogen) atoms. The molecular formula is C18H31Cl2N3O2S. The Balaban J connectivity index is 0.00000169. The summed E-state index contributed by atoms with van der Waals surface area (Å²) in [7, 11) is 0. The summed E-state index contributed by atoms with van der Waals surface area (Å²) in [6.45, 7) is 10.3. The number of amides is 1. The number of likely N-dealkylation sites (tertiary alicyclic amines) is 1.